The average Bonchev–Trinajstić information content (AvgIpc) is 3.66. The van der Waals surface area contributed by atoms with Crippen LogP contribution in [-0.4, -0.2) is 45.2 Å². The molecule has 6 rings (SSSR count). The molecule has 11 nitrogen and oxygen atoms in total. The molecule has 38 heavy (non-hydrogen) atoms. The molecule has 0 aliphatic heterocycles. The minimum absolute atomic E-state index is 0.0150. The number of pyridine rings is 1. The largest absolute Gasteiger partial charge is 0.460 e. The average molecular weight is 522 g/mol. The maximum absolute atomic E-state index is 13.7. The molecule has 0 unspecified atom stereocenters. The second kappa shape index (κ2) is 9.61. The molecule has 4 aromatic heterocycles. The van der Waals surface area contributed by atoms with E-state index in [1.54, 1.807) is 6.20 Å². The van der Waals surface area contributed by atoms with Gasteiger partial charge in [0, 0.05) is 36.0 Å². The van der Waals surface area contributed by atoms with E-state index >= 15 is 0 Å². The number of anilines is 4. The summed E-state index contributed by atoms with van der Waals surface area (Å²) in [7, 11) is 0. The van der Waals surface area contributed by atoms with Crippen LogP contribution in [0.3, 0.4) is 0 Å². The maximum Gasteiger partial charge on any atom is 0.416 e. The third-order valence-electron chi connectivity index (χ3n) is 6.03. The lowest BCUT2D eigenvalue weighted by atomic mass is 10.1. The van der Waals surface area contributed by atoms with Crippen molar-refractivity contribution in [1.29, 1.82) is 0 Å². The highest BCUT2D eigenvalue weighted by atomic mass is 19.4. The molecule has 0 saturated heterocycles. The van der Waals surface area contributed by atoms with E-state index in [4.69, 9.17) is 4.74 Å². The van der Waals surface area contributed by atoms with Gasteiger partial charge in [0.2, 0.25) is 11.9 Å². The van der Waals surface area contributed by atoms with Crippen molar-refractivity contribution in [3.63, 3.8) is 0 Å². The normalized spacial score (nSPS) is 14.2. The summed E-state index contributed by atoms with van der Waals surface area (Å²) in [4.78, 5) is 21.2. The fourth-order valence-corrected chi connectivity index (χ4v) is 4.24. The van der Waals surface area contributed by atoms with E-state index in [-0.39, 0.29) is 35.4 Å². The highest BCUT2D eigenvalue weighted by molar-refractivity contribution is 5.63. The second-order valence-electron chi connectivity index (χ2n) is 8.75. The number of fused-ring (bicyclic) bond motifs is 1. The van der Waals surface area contributed by atoms with Crippen LogP contribution in [0.2, 0.25) is 0 Å². The van der Waals surface area contributed by atoms with Crippen molar-refractivity contribution < 1.29 is 17.9 Å². The van der Waals surface area contributed by atoms with E-state index in [0.29, 0.717) is 5.69 Å². The first-order valence-corrected chi connectivity index (χ1v) is 11.9. The number of halogens is 3. The molecule has 0 amide bonds. The Morgan fingerprint density at radius 1 is 0.921 bits per heavy atom. The Hall–Kier alpha value is -4.75. The molecule has 0 radical (unpaired) electrons. The van der Waals surface area contributed by atoms with Gasteiger partial charge in [-0.2, -0.15) is 33.2 Å². The van der Waals surface area contributed by atoms with E-state index in [1.807, 2.05) is 28.9 Å². The second-order valence-corrected chi connectivity index (χ2v) is 8.75. The van der Waals surface area contributed by atoms with Crippen molar-refractivity contribution in [1.82, 2.24) is 39.1 Å². The first-order valence-electron chi connectivity index (χ1n) is 11.9. The summed E-state index contributed by atoms with van der Waals surface area (Å²) in [6.45, 7) is 0. The van der Waals surface area contributed by atoms with Gasteiger partial charge in [-0.25, -0.2) is 14.6 Å². The Kier molecular flexibility index (Phi) is 5.98. The maximum atomic E-state index is 13.7. The molecular formula is C24H21F3N10O. The van der Waals surface area contributed by atoms with Gasteiger partial charge in [0.25, 0.3) is 0 Å². The molecule has 1 aliphatic rings. The van der Waals surface area contributed by atoms with E-state index in [0.717, 1.165) is 43.5 Å². The summed E-state index contributed by atoms with van der Waals surface area (Å²) < 4.78 is 50.1. The van der Waals surface area contributed by atoms with Crippen LogP contribution in [-0.2, 0) is 6.18 Å². The molecular weight excluding hydrogens is 501 g/mol. The Morgan fingerprint density at radius 2 is 1.71 bits per heavy atom. The zero-order chi connectivity index (χ0) is 26.1. The summed E-state index contributed by atoms with van der Waals surface area (Å²) in [5, 5.41) is 9.92. The molecule has 0 atom stereocenters. The number of rotatable bonds is 7. The molecule has 0 bridgehead atoms. The van der Waals surface area contributed by atoms with Crippen LogP contribution < -0.4 is 15.4 Å². The van der Waals surface area contributed by atoms with E-state index < -0.39 is 11.7 Å². The van der Waals surface area contributed by atoms with Crippen LogP contribution in [0.1, 0.15) is 31.2 Å². The molecule has 1 aromatic carbocycles. The van der Waals surface area contributed by atoms with Gasteiger partial charge in [-0.15, -0.1) is 0 Å². The van der Waals surface area contributed by atoms with Gasteiger partial charge >= 0.3 is 12.2 Å². The van der Waals surface area contributed by atoms with Crippen molar-refractivity contribution in [2.24, 2.45) is 0 Å². The van der Waals surface area contributed by atoms with Gasteiger partial charge in [0.05, 0.1) is 11.3 Å². The van der Waals surface area contributed by atoms with Crippen LogP contribution in [0, 0.1) is 0 Å². The molecule has 0 spiro atoms. The number of imidazole rings is 1. The molecule has 1 fully saturated rings. The highest BCUT2D eigenvalue weighted by Crippen LogP contribution is 2.34. The van der Waals surface area contributed by atoms with Crippen LogP contribution in [0.4, 0.5) is 36.4 Å². The highest BCUT2D eigenvalue weighted by Gasteiger charge is 2.31. The Bertz CT molecular complexity index is 1560. The quantitative estimate of drug-likeness (QED) is 0.307. The molecule has 1 saturated carbocycles. The van der Waals surface area contributed by atoms with Gasteiger partial charge in [-0.3, -0.25) is 0 Å². The summed E-state index contributed by atoms with van der Waals surface area (Å²) in [5.41, 5.74) is 0.793. The number of benzene rings is 1. The minimum Gasteiger partial charge on any atom is -0.460 e. The van der Waals surface area contributed by atoms with Crippen LogP contribution in [0.15, 0.2) is 61.6 Å². The van der Waals surface area contributed by atoms with Crippen molar-refractivity contribution in [3.8, 4) is 11.7 Å². The molecule has 1 aliphatic carbocycles. The minimum atomic E-state index is -4.58. The predicted molar refractivity (Wildman–Crippen MR) is 131 cm³/mol. The number of hydrogen-bond acceptors (Lipinski definition) is 9. The summed E-state index contributed by atoms with van der Waals surface area (Å²) in [6.07, 6.45) is 7.12. The van der Waals surface area contributed by atoms with Gasteiger partial charge in [0.1, 0.15) is 24.4 Å². The number of hydrogen-bond donors (Lipinski definition) is 2. The molecule has 5 aromatic rings. The number of ether oxygens (including phenoxy) is 1. The number of nitrogens with one attached hydrogen (secondary N) is 2. The van der Waals surface area contributed by atoms with E-state index in [1.165, 1.54) is 23.4 Å². The molecule has 14 heteroatoms. The first-order chi connectivity index (χ1) is 18.4. The zero-order valence-electron chi connectivity index (χ0n) is 19.8. The zero-order valence-corrected chi connectivity index (χ0v) is 19.8. The Morgan fingerprint density at radius 3 is 2.45 bits per heavy atom. The predicted octanol–water partition coefficient (Wildman–Crippen LogP) is 4.93. The smallest absolute Gasteiger partial charge is 0.416 e. The fraction of sp³-hybridized carbons (Fsp3) is 0.250. The Labute approximate surface area is 213 Å². The third-order valence-corrected chi connectivity index (χ3v) is 6.03. The van der Waals surface area contributed by atoms with Crippen molar-refractivity contribution >= 4 is 28.9 Å². The van der Waals surface area contributed by atoms with Crippen LogP contribution >= 0.6 is 0 Å². The van der Waals surface area contributed by atoms with Crippen molar-refractivity contribution in [3.05, 3.63) is 67.1 Å². The monoisotopic (exact) mass is 522 g/mol. The van der Waals surface area contributed by atoms with Crippen LogP contribution in [0.5, 0.6) is 6.01 Å². The van der Waals surface area contributed by atoms with Gasteiger partial charge in [0.15, 0.2) is 0 Å². The Balaban J connectivity index is 1.35. The molecule has 2 N–H and O–H groups in total. The SMILES string of the molecule is FC(F)(F)c1cc(Nc2nc(Nc3ccn4ccnc4c3)nc(OC3CCCC3)n2)cc(-n2cncn2)c1. The molecule has 194 valence electrons. The standard InChI is InChI=1S/C24H21F3N10O/c25-24(26,27)15-9-17(11-18(10-15)37-14-28-13-30-37)32-22-33-21(34-23(35-22)38-19-3-1-2-4-19)31-16-5-7-36-8-6-29-20(36)12-16/h5-14,19H,1-4H2,(H2,31,32,33,34,35). The lowest BCUT2D eigenvalue weighted by Crippen LogP contribution is -2.15. The van der Waals surface area contributed by atoms with Gasteiger partial charge < -0.3 is 19.8 Å². The first kappa shape index (κ1) is 23.6. The fourth-order valence-electron chi connectivity index (χ4n) is 4.24. The van der Waals surface area contributed by atoms with Crippen molar-refractivity contribution in [2.45, 2.75) is 38.0 Å². The number of nitrogens with zero attached hydrogens (tertiary/aromatic N) is 8. The number of alkyl halides is 3. The van der Waals surface area contributed by atoms with Gasteiger partial charge in [-0.05, 0) is 49.9 Å². The summed E-state index contributed by atoms with van der Waals surface area (Å²) in [5.74, 6) is 0.177. The van der Waals surface area contributed by atoms with Crippen molar-refractivity contribution in [2.75, 3.05) is 10.6 Å². The number of aromatic nitrogens is 8. The summed E-state index contributed by atoms with van der Waals surface area (Å²) in [6, 6.07) is 7.15. The van der Waals surface area contributed by atoms with E-state index in [2.05, 4.69) is 40.7 Å². The topological polar surface area (TPSA) is 120 Å². The lowest BCUT2D eigenvalue weighted by molar-refractivity contribution is -0.137. The summed E-state index contributed by atoms with van der Waals surface area (Å²) >= 11 is 0. The van der Waals surface area contributed by atoms with Crippen LogP contribution in [0.25, 0.3) is 11.3 Å². The van der Waals surface area contributed by atoms with Gasteiger partial charge in [-0.1, -0.05) is 0 Å². The third kappa shape index (κ3) is 5.19. The lowest BCUT2D eigenvalue weighted by Gasteiger charge is -2.15. The molecule has 4 heterocycles. The van der Waals surface area contributed by atoms with E-state index in [9.17, 15) is 13.2 Å².